The molecule has 0 spiro atoms. The number of halogens is 1. The van der Waals surface area contributed by atoms with Crippen molar-refractivity contribution >= 4 is 21.4 Å². The molecule has 2 aromatic rings. The molecule has 4 nitrogen and oxygen atoms in total. The number of rotatable bonds is 4. The van der Waals surface area contributed by atoms with E-state index in [1.807, 2.05) is 26.0 Å². The summed E-state index contributed by atoms with van der Waals surface area (Å²) in [6.45, 7) is 4.10. The van der Waals surface area contributed by atoms with Gasteiger partial charge >= 0.3 is 5.03 Å². The van der Waals surface area contributed by atoms with E-state index in [0.29, 0.717) is 16.2 Å². The smallest absolute Gasteiger partial charge is 0.310 e. The van der Waals surface area contributed by atoms with Gasteiger partial charge in [0.1, 0.15) is 0 Å². The van der Waals surface area contributed by atoms with Crippen molar-refractivity contribution in [3.05, 3.63) is 65.0 Å². The van der Waals surface area contributed by atoms with E-state index in [-0.39, 0.29) is 5.03 Å². The first-order valence-corrected chi connectivity index (χ1v) is 8.48. The Bertz CT molecular complexity index is 727. The zero-order valence-electron chi connectivity index (χ0n) is 11.7. The fourth-order valence-corrected chi connectivity index (χ4v) is 3.68. The second-order valence-corrected chi connectivity index (χ2v) is 7.72. The molecule has 0 radical (unpaired) electrons. The molecule has 1 unspecified atom stereocenters. The summed E-state index contributed by atoms with van der Waals surface area (Å²) >= 11 is 6.10. The van der Waals surface area contributed by atoms with Gasteiger partial charge < -0.3 is 5.21 Å². The number of hydrogen-bond acceptors (Lipinski definition) is 3. The Morgan fingerprint density at radius 2 is 1.62 bits per heavy atom. The van der Waals surface area contributed by atoms with E-state index in [1.54, 1.807) is 12.1 Å². The van der Waals surface area contributed by atoms with Gasteiger partial charge in [-0.1, -0.05) is 49.7 Å². The fraction of sp³-hybridized carbons (Fsp3) is 0.267. The van der Waals surface area contributed by atoms with E-state index in [2.05, 4.69) is 0 Å². The summed E-state index contributed by atoms with van der Waals surface area (Å²) in [5.74, 6) is 0.349. The zero-order valence-corrected chi connectivity index (χ0v) is 13.3. The molecule has 0 saturated heterocycles. The van der Waals surface area contributed by atoms with Crippen LogP contribution < -0.4 is 4.73 Å². The lowest BCUT2D eigenvalue weighted by Gasteiger charge is -2.12. The van der Waals surface area contributed by atoms with Crippen molar-refractivity contribution < 1.29 is 13.1 Å². The molecule has 0 fully saturated rings. The molecular weight excluding hydrogens is 310 g/mol. The van der Waals surface area contributed by atoms with Gasteiger partial charge in [-0.15, -0.1) is 0 Å². The Morgan fingerprint density at radius 1 is 1.05 bits per heavy atom. The molecule has 0 N–H and O–H groups in total. The summed E-state index contributed by atoms with van der Waals surface area (Å²) in [5.41, 5.74) is 1.54. The number of benzene rings is 1. The Labute approximate surface area is 129 Å². The molecular formula is C15H16ClNO3S. The van der Waals surface area contributed by atoms with E-state index in [1.165, 1.54) is 18.2 Å². The van der Waals surface area contributed by atoms with E-state index in [9.17, 15) is 13.6 Å². The van der Waals surface area contributed by atoms with E-state index >= 15 is 0 Å². The predicted octanol–water partition coefficient (Wildman–Crippen LogP) is 3.15. The van der Waals surface area contributed by atoms with Gasteiger partial charge in [-0.25, -0.2) is 8.42 Å². The number of aromatic nitrogens is 1. The standard InChI is InChI=1S/C15H16ClNO3S/c1-11(2)12-6-8-13(9-7-12)15(16)21(19,20)14-5-3-4-10-17(14)18/h3-11,15H,1-2H3. The topological polar surface area (TPSA) is 61.1 Å². The molecule has 1 aromatic heterocycles. The average Bonchev–Trinajstić information content (AvgIpc) is 2.46. The van der Waals surface area contributed by atoms with Crippen molar-refractivity contribution in [2.45, 2.75) is 29.5 Å². The van der Waals surface area contributed by atoms with Crippen LogP contribution in [-0.4, -0.2) is 8.42 Å². The molecule has 0 aliphatic rings. The van der Waals surface area contributed by atoms with Crippen molar-refractivity contribution in [2.75, 3.05) is 0 Å². The Hall–Kier alpha value is -1.59. The van der Waals surface area contributed by atoms with Crippen LogP contribution in [0.25, 0.3) is 0 Å². The minimum absolute atomic E-state index is 0.313. The van der Waals surface area contributed by atoms with E-state index in [4.69, 9.17) is 11.6 Å². The molecule has 0 bridgehead atoms. The maximum atomic E-state index is 12.4. The molecule has 1 heterocycles. The molecule has 2 rings (SSSR count). The van der Waals surface area contributed by atoms with Gasteiger partial charge in [0.05, 0.1) is 0 Å². The summed E-state index contributed by atoms with van der Waals surface area (Å²) in [6, 6.07) is 11.3. The Balaban J connectivity index is 2.39. The van der Waals surface area contributed by atoms with Gasteiger partial charge in [-0.05, 0) is 23.1 Å². The monoisotopic (exact) mass is 325 g/mol. The summed E-state index contributed by atoms with van der Waals surface area (Å²) in [7, 11) is -3.94. The van der Waals surface area contributed by atoms with Crippen LogP contribution in [0, 0.1) is 5.21 Å². The quantitative estimate of drug-likeness (QED) is 0.493. The maximum absolute atomic E-state index is 12.4. The SMILES string of the molecule is CC(C)c1ccc(C(Cl)S(=O)(=O)c2cccc[n+]2[O-])cc1. The van der Waals surface area contributed by atoms with Crippen LogP contribution in [0.4, 0.5) is 0 Å². The second-order valence-electron chi connectivity index (χ2n) is 5.05. The third-order valence-electron chi connectivity index (χ3n) is 3.22. The molecule has 1 aromatic carbocycles. The highest BCUT2D eigenvalue weighted by molar-refractivity contribution is 7.92. The van der Waals surface area contributed by atoms with Gasteiger partial charge in [-0.2, -0.15) is 4.73 Å². The van der Waals surface area contributed by atoms with Crippen LogP contribution in [0.2, 0.25) is 0 Å². The number of nitrogens with zero attached hydrogens (tertiary/aromatic N) is 1. The summed E-state index contributed by atoms with van der Waals surface area (Å²) in [5, 5.41) is 11.3. The molecule has 112 valence electrons. The first-order valence-electron chi connectivity index (χ1n) is 6.50. The molecule has 0 aliphatic carbocycles. The lowest BCUT2D eigenvalue weighted by molar-refractivity contribution is -0.646. The summed E-state index contributed by atoms with van der Waals surface area (Å²) in [4.78, 5) is 0. The third-order valence-corrected chi connectivity index (χ3v) is 5.89. The van der Waals surface area contributed by atoms with Crippen LogP contribution in [0.15, 0.2) is 53.7 Å². The Morgan fingerprint density at radius 3 is 2.14 bits per heavy atom. The lowest BCUT2D eigenvalue weighted by Crippen LogP contribution is -2.34. The highest BCUT2D eigenvalue weighted by atomic mass is 35.5. The zero-order chi connectivity index (χ0) is 15.6. The van der Waals surface area contributed by atoms with Crippen molar-refractivity contribution in [3.63, 3.8) is 0 Å². The van der Waals surface area contributed by atoms with Gasteiger partial charge in [0, 0.05) is 12.1 Å². The van der Waals surface area contributed by atoms with E-state index < -0.39 is 14.5 Å². The predicted molar refractivity (Wildman–Crippen MR) is 81.7 cm³/mol. The summed E-state index contributed by atoms with van der Waals surface area (Å²) in [6.07, 6.45) is 1.14. The van der Waals surface area contributed by atoms with E-state index in [0.717, 1.165) is 11.8 Å². The third kappa shape index (κ3) is 3.19. The second kappa shape index (κ2) is 6.03. The fourth-order valence-electron chi connectivity index (χ4n) is 1.95. The maximum Gasteiger partial charge on any atom is 0.310 e. The van der Waals surface area contributed by atoms with Gasteiger partial charge in [-0.3, -0.25) is 0 Å². The molecule has 0 amide bonds. The number of hydrogen-bond donors (Lipinski definition) is 0. The molecule has 0 saturated carbocycles. The Kier molecular flexibility index (Phi) is 4.54. The van der Waals surface area contributed by atoms with Crippen LogP contribution in [0.1, 0.15) is 35.6 Å². The van der Waals surface area contributed by atoms with Crippen molar-refractivity contribution in [3.8, 4) is 0 Å². The van der Waals surface area contributed by atoms with Crippen molar-refractivity contribution in [2.24, 2.45) is 0 Å². The van der Waals surface area contributed by atoms with Crippen LogP contribution in [-0.2, 0) is 9.84 Å². The lowest BCUT2D eigenvalue weighted by atomic mass is 10.0. The van der Waals surface area contributed by atoms with Crippen LogP contribution >= 0.6 is 11.6 Å². The van der Waals surface area contributed by atoms with Gasteiger partial charge in [0.15, 0.2) is 10.9 Å². The molecule has 21 heavy (non-hydrogen) atoms. The van der Waals surface area contributed by atoms with Gasteiger partial charge in [0.2, 0.25) is 0 Å². The average molecular weight is 326 g/mol. The largest absolute Gasteiger partial charge is 0.618 e. The normalized spacial score (nSPS) is 13.3. The van der Waals surface area contributed by atoms with Crippen LogP contribution in [0.5, 0.6) is 0 Å². The van der Waals surface area contributed by atoms with Crippen LogP contribution in [0.3, 0.4) is 0 Å². The highest BCUT2D eigenvalue weighted by Gasteiger charge is 2.33. The minimum atomic E-state index is -3.94. The van der Waals surface area contributed by atoms with Crippen molar-refractivity contribution in [1.29, 1.82) is 0 Å². The highest BCUT2D eigenvalue weighted by Crippen LogP contribution is 2.31. The number of pyridine rings is 1. The summed E-state index contributed by atoms with van der Waals surface area (Å²) < 4.78 is 23.9. The molecule has 6 heteroatoms. The van der Waals surface area contributed by atoms with Gasteiger partial charge in [0.25, 0.3) is 9.84 Å². The first kappa shape index (κ1) is 15.8. The minimum Gasteiger partial charge on any atom is -0.618 e. The van der Waals surface area contributed by atoms with Crippen molar-refractivity contribution in [1.82, 2.24) is 0 Å². The number of alkyl halides is 1. The first-order chi connectivity index (χ1) is 9.84. The molecule has 1 atom stereocenters. The molecule has 0 aliphatic heterocycles. The number of sulfone groups is 1.